The van der Waals surface area contributed by atoms with E-state index in [4.69, 9.17) is 9.84 Å². The van der Waals surface area contributed by atoms with E-state index in [1.54, 1.807) is 7.05 Å². The topological polar surface area (TPSA) is 110 Å². The summed E-state index contributed by atoms with van der Waals surface area (Å²) in [6.45, 7) is 0.762. The van der Waals surface area contributed by atoms with Crippen LogP contribution in [0.15, 0.2) is 17.2 Å². The van der Waals surface area contributed by atoms with Crippen molar-refractivity contribution in [3.63, 3.8) is 0 Å². The van der Waals surface area contributed by atoms with Crippen molar-refractivity contribution < 1.29 is 23.1 Å². The molecule has 0 atom stereocenters. The van der Waals surface area contributed by atoms with Gasteiger partial charge in [0.05, 0.1) is 13.2 Å². The molecule has 0 unspecified atom stereocenters. The van der Waals surface area contributed by atoms with Crippen LogP contribution < -0.4 is 10.0 Å². The van der Waals surface area contributed by atoms with E-state index < -0.39 is 10.0 Å². The number of aryl methyl sites for hydroxylation is 1. The Morgan fingerprint density at radius 1 is 1.43 bits per heavy atom. The molecule has 1 amide bonds. The highest BCUT2D eigenvalue weighted by Gasteiger charge is 2.19. The monoisotopic (exact) mass is 319 g/mol. The summed E-state index contributed by atoms with van der Waals surface area (Å²) in [5.41, 5.74) is 0.268. The summed E-state index contributed by atoms with van der Waals surface area (Å²) >= 11 is 0. The molecular formula is C12H21N3O5S. The van der Waals surface area contributed by atoms with E-state index in [1.165, 1.54) is 23.9 Å². The number of hydrogen-bond donors (Lipinski definition) is 3. The Morgan fingerprint density at radius 2 is 2.14 bits per heavy atom. The molecule has 0 aromatic carbocycles. The van der Waals surface area contributed by atoms with Gasteiger partial charge in [0, 0.05) is 33.4 Å². The zero-order chi connectivity index (χ0) is 15.9. The summed E-state index contributed by atoms with van der Waals surface area (Å²) in [7, 11) is -0.568. The Bertz CT molecular complexity index is 567. The molecule has 0 aliphatic heterocycles. The van der Waals surface area contributed by atoms with Gasteiger partial charge >= 0.3 is 0 Å². The summed E-state index contributed by atoms with van der Waals surface area (Å²) in [5, 5.41) is 11.0. The quantitative estimate of drug-likeness (QED) is 0.509. The molecule has 1 aromatic heterocycles. The third-order valence-electron chi connectivity index (χ3n) is 2.74. The number of hydrogen-bond acceptors (Lipinski definition) is 5. The Labute approximate surface area is 124 Å². The van der Waals surface area contributed by atoms with Crippen LogP contribution >= 0.6 is 0 Å². The molecule has 0 bridgehead atoms. The summed E-state index contributed by atoms with van der Waals surface area (Å²) in [6, 6.07) is 1.32. The van der Waals surface area contributed by atoms with Crippen LogP contribution in [0.3, 0.4) is 0 Å². The third-order valence-corrected chi connectivity index (χ3v) is 4.17. The van der Waals surface area contributed by atoms with Gasteiger partial charge in [-0.2, -0.15) is 0 Å². The maximum Gasteiger partial charge on any atom is 0.267 e. The first-order valence-corrected chi connectivity index (χ1v) is 7.97. The van der Waals surface area contributed by atoms with E-state index in [2.05, 4.69) is 10.0 Å². The summed E-state index contributed by atoms with van der Waals surface area (Å²) < 4.78 is 33.0. The number of nitrogens with zero attached hydrogens (tertiary/aromatic N) is 1. The molecule has 1 heterocycles. The van der Waals surface area contributed by atoms with Gasteiger partial charge in [-0.05, 0) is 12.5 Å². The van der Waals surface area contributed by atoms with Crippen LogP contribution in [0.1, 0.15) is 16.9 Å². The van der Waals surface area contributed by atoms with E-state index >= 15 is 0 Å². The Balaban J connectivity index is 2.60. The van der Waals surface area contributed by atoms with Gasteiger partial charge in [-0.15, -0.1) is 0 Å². The second-order valence-electron chi connectivity index (χ2n) is 4.34. The molecular weight excluding hydrogens is 298 g/mol. The predicted molar refractivity (Wildman–Crippen MR) is 76.5 cm³/mol. The fraction of sp³-hybridized carbons (Fsp3) is 0.583. The molecule has 0 fully saturated rings. The fourth-order valence-corrected chi connectivity index (χ4v) is 2.81. The van der Waals surface area contributed by atoms with E-state index in [0.717, 1.165) is 0 Å². The summed E-state index contributed by atoms with van der Waals surface area (Å²) in [4.78, 5) is 11.6. The number of rotatable bonds is 9. The average molecular weight is 319 g/mol. The lowest BCUT2D eigenvalue weighted by molar-refractivity contribution is 0.0913. The molecule has 3 N–H and O–H groups in total. The van der Waals surface area contributed by atoms with Gasteiger partial charge in [-0.25, -0.2) is 13.1 Å². The van der Waals surface area contributed by atoms with Crippen LogP contribution in [0.5, 0.6) is 0 Å². The maximum absolute atomic E-state index is 12.1. The second kappa shape index (κ2) is 8.13. The van der Waals surface area contributed by atoms with Crippen molar-refractivity contribution in [3.05, 3.63) is 18.0 Å². The SMILES string of the molecule is CNC(=O)c1cc(S(=O)(=O)NCCCOCCO)cn1C. The van der Waals surface area contributed by atoms with E-state index in [1.807, 2.05) is 0 Å². The Kier molecular flexibility index (Phi) is 6.82. The molecule has 1 aromatic rings. The molecule has 0 saturated carbocycles. The lowest BCUT2D eigenvalue weighted by Gasteiger charge is -2.05. The highest BCUT2D eigenvalue weighted by Crippen LogP contribution is 2.13. The van der Waals surface area contributed by atoms with Gasteiger partial charge < -0.3 is 19.7 Å². The summed E-state index contributed by atoms with van der Waals surface area (Å²) in [5.74, 6) is -0.351. The highest BCUT2D eigenvalue weighted by atomic mass is 32.2. The molecule has 8 nitrogen and oxygen atoms in total. The van der Waals surface area contributed by atoms with Crippen molar-refractivity contribution in [1.29, 1.82) is 0 Å². The van der Waals surface area contributed by atoms with Gasteiger partial charge in [0.2, 0.25) is 10.0 Å². The molecule has 1 rings (SSSR count). The fourth-order valence-electron chi connectivity index (χ4n) is 1.67. The van der Waals surface area contributed by atoms with Crippen molar-refractivity contribution in [2.75, 3.05) is 33.4 Å². The highest BCUT2D eigenvalue weighted by molar-refractivity contribution is 7.89. The Morgan fingerprint density at radius 3 is 2.76 bits per heavy atom. The second-order valence-corrected chi connectivity index (χ2v) is 6.11. The normalized spacial score (nSPS) is 11.6. The molecule has 21 heavy (non-hydrogen) atoms. The predicted octanol–water partition coefficient (Wildman–Crippen LogP) is -0.938. The molecule has 0 saturated heterocycles. The van der Waals surface area contributed by atoms with Crippen LogP contribution in [-0.2, 0) is 21.8 Å². The van der Waals surface area contributed by atoms with Crippen molar-refractivity contribution >= 4 is 15.9 Å². The lowest BCUT2D eigenvalue weighted by atomic mass is 10.4. The van der Waals surface area contributed by atoms with E-state index in [0.29, 0.717) is 13.0 Å². The van der Waals surface area contributed by atoms with Crippen LogP contribution in [0, 0.1) is 0 Å². The van der Waals surface area contributed by atoms with Crippen LogP contribution in [0.25, 0.3) is 0 Å². The van der Waals surface area contributed by atoms with Crippen LogP contribution in [0.2, 0.25) is 0 Å². The first-order valence-electron chi connectivity index (χ1n) is 6.49. The summed E-state index contributed by atoms with van der Waals surface area (Å²) in [6.07, 6.45) is 1.88. The van der Waals surface area contributed by atoms with Gasteiger partial charge in [0.25, 0.3) is 5.91 Å². The minimum absolute atomic E-state index is 0.0416. The number of carbonyl (C=O) groups is 1. The van der Waals surface area contributed by atoms with Gasteiger partial charge in [-0.1, -0.05) is 0 Å². The van der Waals surface area contributed by atoms with Crippen LogP contribution in [0.4, 0.5) is 0 Å². The average Bonchev–Trinajstić information content (AvgIpc) is 2.84. The number of carbonyl (C=O) groups excluding carboxylic acids is 1. The van der Waals surface area contributed by atoms with Gasteiger partial charge in [0.15, 0.2) is 0 Å². The van der Waals surface area contributed by atoms with Crippen molar-refractivity contribution in [2.24, 2.45) is 7.05 Å². The molecule has 120 valence electrons. The smallest absolute Gasteiger partial charge is 0.267 e. The van der Waals surface area contributed by atoms with E-state index in [-0.39, 0.29) is 36.3 Å². The standard InChI is InChI=1S/C12H21N3O5S/c1-13-12(17)11-8-10(9-15(11)2)21(18,19)14-4-3-6-20-7-5-16/h8-9,14,16H,3-7H2,1-2H3,(H,13,17). The van der Waals surface area contributed by atoms with Crippen molar-refractivity contribution in [2.45, 2.75) is 11.3 Å². The Hall–Kier alpha value is -1.42. The number of nitrogens with one attached hydrogen (secondary N) is 2. The zero-order valence-corrected chi connectivity index (χ0v) is 12.9. The zero-order valence-electron chi connectivity index (χ0n) is 12.1. The van der Waals surface area contributed by atoms with E-state index in [9.17, 15) is 13.2 Å². The minimum atomic E-state index is -3.65. The van der Waals surface area contributed by atoms with Crippen molar-refractivity contribution in [1.82, 2.24) is 14.6 Å². The number of aromatic nitrogens is 1. The molecule has 0 aliphatic rings. The largest absolute Gasteiger partial charge is 0.394 e. The molecule has 0 spiro atoms. The van der Waals surface area contributed by atoms with Crippen molar-refractivity contribution in [3.8, 4) is 0 Å². The first-order chi connectivity index (χ1) is 9.92. The van der Waals surface area contributed by atoms with Gasteiger partial charge in [0.1, 0.15) is 10.6 Å². The number of aliphatic hydroxyl groups is 1. The first kappa shape index (κ1) is 17.6. The lowest BCUT2D eigenvalue weighted by Crippen LogP contribution is -2.25. The molecule has 0 aliphatic carbocycles. The van der Waals surface area contributed by atoms with Gasteiger partial charge in [-0.3, -0.25) is 4.79 Å². The molecule has 0 radical (unpaired) electrons. The molecule has 9 heteroatoms. The maximum atomic E-state index is 12.1. The third kappa shape index (κ3) is 5.12. The number of amides is 1. The number of aliphatic hydroxyl groups excluding tert-OH is 1. The number of ether oxygens (including phenoxy) is 1. The minimum Gasteiger partial charge on any atom is -0.394 e. The number of sulfonamides is 1. The van der Waals surface area contributed by atoms with Crippen LogP contribution in [-0.4, -0.2) is 57.4 Å².